The van der Waals surface area contributed by atoms with Crippen LogP contribution >= 0.6 is 31.9 Å². The smallest absolute Gasteiger partial charge is 0.0717 e. The Morgan fingerprint density at radius 3 is 2.43 bits per heavy atom. The van der Waals surface area contributed by atoms with Crippen LogP contribution in [0.3, 0.4) is 0 Å². The number of aliphatic hydroxyl groups is 1. The molecule has 0 aliphatic heterocycles. The van der Waals surface area contributed by atoms with Crippen LogP contribution in [0.25, 0.3) is 0 Å². The molecule has 132 valence electrons. The maximum atomic E-state index is 10.3. The van der Waals surface area contributed by atoms with Gasteiger partial charge in [-0.1, -0.05) is 101 Å². The van der Waals surface area contributed by atoms with Crippen molar-refractivity contribution >= 4 is 31.9 Å². The van der Waals surface area contributed by atoms with Gasteiger partial charge in [-0.05, 0) is 18.4 Å². The van der Waals surface area contributed by atoms with E-state index < -0.39 is 0 Å². The molecule has 0 fully saturated rings. The summed E-state index contributed by atoms with van der Waals surface area (Å²) in [6, 6.07) is 10.2. The third-order valence-corrected chi connectivity index (χ3v) is 5.61. The zero-order valence-electron chi connectivity index (χ0n) is 14.1. The highest BCUT2D eigenvalue weighted by atomic mass is 79.9. The average molecular weight is 450 g/mol. The van der Waals surface area contributed by atoms with E-state index in [4.69, 9.17) is 4.74 Å². The van der Waals surface area contributed by atoms with E-state index in [-0.39, 0.29) is 15.8 Å². The topological polar surface area (TPSA) is 29.5 Å². The van der Waals surface area contributed by atoms with Gasteiger partial charge in [0.25, 0.3) is 0 Å². The number of hydrogen-bond acceptors (Lipinski definition) is 2. The summed E-state index contributed by atoms with van der Waals surface area (Å²) in [5.74, 6) is 0. The Morgan fingerprint density at radius 1 is 1.04 bits per heavy atom. The summed E-state index contributed by atoms with van der Waals surface area (Å²) in [6.45, 7) is 3.46. The van der Waals surface area contributed by atoms with Crippen LogP contribution in [0, 0.1) is 0 Å². The van der Waals surface area contributed by atoms with Crippen molar-refractivity contribution < 1.29 is 9.84 Å². The maximum absolute atomic E-state index is 10.3. The van der Waals surface area contributed by atoms with Gasteiger partial charge in [0.1, 0.15) is 0 Å². The van der Waals surface area contributed by atoms with E-state index >= 15 is 0 Å². The predicted octanol–water partition coefficient (Wildman–Crippen LogP) is 5.84. The second-order valence-electron chi connectivity index (χ2n) is 6.12. The first-order valence-electron chi connectivity index (χ1n) is 8.71. The lowest BCUT2D eigenvalue weighted by Gasteiger charge is -2.20. The number of halogens is 2. The van der Waals surface area contributed by atoms with Gasteiger partial charge in [0.05, 0.1) is 19.3 Å². The lowest BCUT2D eigenvalue weighted by molar-refractivity contribution is 0.101. The first-order valence-corrected chi connectivity index (χ1v) is 10.5. The molecule has 4 heteroatoms. The Hall–Kier alpha value is 0.1000. The molecule has 0 spiro atoms. The summed E-state index contributed by atoms with van der Waals surface area (Å²) in [4.78, 5) is 0.361. The first-order chi connectivity index (χ1) is 11.1. The number of alkyl halides is 2. The Morgan fingerprint density at radius 2 is 1.74 bits per heavy atom. The second-order valence-corrected chi connectivity index (χ2v) is 8.59. The molecule has 0 aliphatic rings. The van der Waals surface area contributed by atoms with E-state index in [0.717, 1.165) is 6.42 Å². The molecule has 0 aromatic heterocycles. The highest BCUT2D eigenvalue weighted by molar-refractivity contribution is 9.09. The van der Waals surface area contributed by atoms with E-state index in [1.54, 1.807) is 0 Å². The van der Waals surface area contributed by atoms with Crippen molar-refractivity contribution in [3.05, 3.63) is 35.9 Å². The molecule has 1 aromatic carbocycles. The first kappa shape index (κ1) is 21.1. The van der Waals surface area contributed by atoms with Gasteiger partial charge in [0.2, 0.25) is 0 Å². The Balaban J connectivity index is 2.10. The summed E-state index contributed by atoms with van der Waals surface area (Å²) < 4.78 is 5.71. The second kappa shape index (κ2) is 13.4. The van der Waals surface area contributed by atoms with E-state index in [0.29, 0.717) is 19.6 Å². The number of aliphatic hydroxyl groups excluding tert-OH is 1. The van der Waals surface area contributed by atoms with Crippen LogP contribution in [0.4, 0.5) is 0 Å². The number of benzene rings is 1. The number of rotatable bonds is 13. The summed E-state index contributed by atoms with van der Waals surface area (Å²) >= 11 is 7.25. The largest absolute Gasteiger partial charge is 0.392 e. The molecule has 23 heavy (non-hydrogen) atoms. The normalized spacial score (nSPS) is 15.3. The van der Waals surface area contributed by atoms with Crippen molar-refractivity contribution in [3.8, 4) is 0 Å². The van der Waals surface area contributed by atoms with Crippen LogP contribution in [0.15, 0.2) is 30.3 Å². The van der Waals surface area contributed by atoms with Crippen molar-refractivity contribution in [2.24, 2.45) is 0 Å². The summed E-state index contributed by atoms with van der Waals surface area (Å²) in [7, 11) is 0. The minimum absolute atomic E-state index is 0.179. The monoisotopic (exact) mass is 448 g/mol. The predicted molar refractivity (Wildman–Crippen MR) is 106 cm³/mol. The van der Waals surface area contributed by atoms with Gasteiger partial charge >= 0.3 is 0 Å². The molecule has 0 aliphatic carbocycles. The lowest BCUT2D eigenvalue weighted by Crippen LogP contribution is -2.25. The Bertz CT molecular complexity index is 386. The van der Waals surface area contributed by atoms with Crippen LogP contribution in [0.5, 0.6) is 0 Å². The molecular weight excluding hydrogens is 420 g/mol. The molecule has 1 aromatic rings. The fourth-order valence-corrected chi connectivity index (χ4v) is 3.60. The molecule has 3 atom stereocenters. The van der Waals surface area contributed by atoms with E-state index in [9.17, 15) is 5.11 Å². The molecule has 0 amide bonds. The van der Waals surface area contributed by atoms with Crippen molar-refractivity contribution in [2.45, 2.75) is 74.2 Å². The minimum Gasteiger partial charge on any atom is -0.392 e. The maximum Gasteiger partial charge on any atom is 0.0717 e. The number of unbranched alkanes of at least 4 members (excludes halogenated alkanes) is 4. The molecule has 1 rings (SSSR count). The highest BCUT2D eigenvalue weighted by Gasteiger charge is 2.19. The minimum atomic E-state index is -0.328. The molecule has 2 nitrogen and oxygen atoms in total. The van der Waals surface area contributed by atoms with Gasteiger partial charge in [-0.2, -0.15) is 0 Å². The van der Waals surface area contributed by atoms with Gasteiger partial charge in [0.15, 0.2) is 0 Å². The third-order valence-electron chi connectivity index (χ3n) is 3.91. The Kier molecular flexibility index (Phi) is 12.3. The van der Waals surface area contributed by atoms with Crippen LogP contribution in [0.2, 0.25) is 0 Å². The molecule has 0 bridgehead atoms. The van der Waals surface area contributed by atoms with Crippen LogP contribution in [-0.2, 0) is 11.3 Å². The average Bonchev–Trinajstić information content (AvgIpc) is 2.55. The summed E-state index contributed by atoms with van der Waals surface area (Å²) in [5.41, 5.74) is 1.18. The molecule has 0 heterocycles. The third kappa shape index (κ3) is 10.5. The van der Waals surface area contributed by atoms with Crippen LogP contribution in [0.1, 0.15) is 57.4 Å². The molecule has 1 N–H and O–H groups in total. The van der Waals surface area contributed by atoms with Gasteiger partial charge in [-0.3, -0.25) is 0 Å². The van der Waals surface area contributed by atoms with Crippen molar-refractivity contribution in [2.75, 3.05) is 6.61 Å². The van der Waals surface area contributed by atoms with E-state index in [1.165, 1.54) is 37.7 Å². The summed E-state index contributed by atoms with van der Waals surface area (Å²) in [5, 5.41) is 10.3. The van der Waals surface area contributed by atoms with Crippen molar-refractivity contribution in [1.29, 1.82) is 0 Å². The van der Waals surface area contributed by atoms with Gasteiger partial charge in [0, 0.05) is 9.65 Å². The molecule has 0 saturated heterocycles. The summed E-state index contributed by atoms with van der Waals surface area (Å²) in [6.07, 6.45) is 7.76. The standard InChI is InChI=1S/C19H30Br2O2/c1-2-3-4-5-9-12-18(21)19(22)13-17(20)15-23-14-16-10-7-6-8-11-16/h6-8,10-11,17-19,22H,2-5,9,12-15H2,1H3. The fourth-order valence-electron chi connectivity index (χ4n) is 2.49. The molecule has 0 radical (unpaired) electrons. The van der Waals surface area contributed by atoms with E-state index in [1.807, 2.05) is 18.2 Å². The quantitative estimate of drug-likeness (QED) is 0.302. The lowest BCUT2D eigenvalue weighted by atomic mass is 10.0. The zero-order chi connectivity index (χ0) is 16.9. The van der Waals surface area contributed by atoms with Crippen LogP contribution in [-0.4, -0.2) is 27.5 Å². The van der Waals surface area contributed by atoms with Crippen molar-refractivity contribution in [1.82, 2.24) is 0 Å². The zero-order valence-corrected chi connectivity index (χ0v) is 17.3. The molecular formula is C19H30Br2O2. The van der Waals surface area contributed by atoms with Crippen LogP contribution < -0.4 is 0 Å². The van der Waals surface area contributed by atoms with Gasteiger partial charge < -0.3 is 9.84 Å². The molecule has 3 unspecified atom stereocenters. The number of ether oxygens (including phenoxy) is 1. The molecule has 0 saturated carbocycles. The SMILES string of the molecule is CCCCCCCC(Br)C(O)CC(Br)COCc1ccccc1. The van der Waals surface area contributed by atoms with Crippen molar-refractivity contribution in [3.63, 3.8) is 0 Å². The highest BCUT2D eigenvalue weighted by Crippen LogP contribution is 2.21. The van der Waals surface area contributed by atoms with E-state index in [2.05, 4.69) is 50.9 Å². The van der Waals surface area contributed by atoms with Gasteiger partial charge in [-0.15, -0.1) is 0 Å². The Labute approximate surface area is 158 Å². The number of hydrogen-bond donors (Lipinski definition) is 1. The van der Waals surface area contributed by atoms with Gasteiger partial charge in [-0.25, -0.2) is 0 Å². The fraction of sp³-hybridized carbons (Fsp3) is 0.684.